The SMILES string of the molecule is CNCc1ccccc1NC(=O)/C=C/c1ccccc1. The number of amides is 1. The summed E-state index contributed by atoms with van der Waals surface area (Å²) in [4.78, 5) is 11.9. The zero-order valence-corrected chi connectivity index (χ0v) is 11.5. The number of benzene rings is 2. The van der Waals surface area contributed by atoms with E-state index in [-0.39, 0.29) is 5.91 Å². The fourth-order valence-electron chi connectivity index (χ4n) is 1.90. The third kappa shape index (κ3) is 4.07. The summed E-state index contributed by atoms with van der Waals surface area (Å²) in [5, 5.41) is 5.99. The highest BCUT2D eigenvalue weighted by Gasteiger charge is 2.03. The molecule has 1 amide bonds. The molecule has 0 spiro atoms. The smallest absolute Gasteiger partial charge is 0.248 e. The third-order valence-corrected chi connectivity index (χ3v) is 2.87. The Hall–Kier alpha value is -2.39. The van der Waals surface area contributed by atoms with Gasteiger partial charge in [0.15, 0.2) is 0 Å². The minimum Gasteiger partial charge on any atom is -0.322 e. The number of hydrogen-bond donors (Lipinski definition) is 2. The van der Waals surface area contributed by atoms with Gasteiger partial charge in [0.2, 0.25) is 5.91 Å². The lowest BCUT2D eigenvalue weighted by atomic mass is 10.1. The van der Waals surface area contributed by atoms with Crippen LogP contribution in [0.3, 0.4) is 0 Å². The maximum absolute atomic E-state index is 11.9. The molecule has 3 heteroatoms. The Labute approximate surface area is 119 Å². The van der Waals surface area contributed by atoms with Gasteiger partial charge in [-0.3, -0.25) is 4.79 Å². The van der Waals surface area contributed by atoms with Crippen molar-refractivity contribution in [2.24, 2.45) is 0 Å². The van der Waals surface area contributed by atoms with Crippen LogP contribution in [0.1, 0.15) is 11.1 Å². The quantitative estimate of drug-likeness (QED) is 0.817. The first-order valence-corrected chi connectivity index (χ1v) is 6.56. The Morgan fingerprint density at radius 2 is 1.75 bits per heavy atom. The van der Waals surface area contributed by atoms with Gasteiger partial charge in [-0.15, -0.1) is 0 Å². The van der Waals surface area contributed by atoms with Crippen molar-refractivity contribution in [3.8, 4) is 0 Å². The maximum atomic E-state index is 11.9. The second-order valence-corrected chi connectivity index (χ2v) is 4.42. The van der Waals surface area contributed by atoms with Crippen LogP contribution in [0.25, 0.3) is 6.08 Å². The standard InChI is InChI=1S/C17H18N2O/c1-18-13-15-9-5-6-10-16(15)19-17(20)12-11-14-7-3-2-4-8-14/h2-12,18H,13H2,1H3,(H,19,20)/b12-11+. The summed E-state index contributed by atoms with van der Waals surface area (Å²) < 4.78 is 0. The van der Waals surface area contributed by atoms with Crippen molar-refractivity contribution >= 4 is 17.7 Å². The molecule has 0 unspecified atom stereocenters. The summed E-state index contributed by atoms with van der Waals surface area (Å²) in [6, 6.07) is 17.5. The van der Waals surface area contributed by atoms with Gasteiger partial charge >= 0.3 is 0 Å². The summed E-state index contributed by atoms with van der Waals surface area (Å²) in [5.41, 5.74) is 2.91. The Bertz CT molecular complexity index is 591. The van der Waals surface area contributed by atoms with E-state index in [1.165, 1.54) is 0 Å². The van der Waals surface area contributed by atoms with E-state index in [1.54, 1.807) is 12.2 Å². The molecule has 102 valence electrons. The van der Waals surface area contributed by atoms with Crippen molar-refractivity contribution in [2.45, 2.75) is 6.54 Å². The predicted octanol–water partition coefficient (Wildman–Crippen LogP) is 3.06. The minimum atomic E-state index is -0.127. The minimum absolute atomic E-state index is 0.127. The molecule has 2 aromatic carbocycles. The Balaban J connectivity index is 2.03. The van der Waals surface area contributed by atoms with Crippen molar-refractivity contribution in [2.75, 3.05) is 12.4 Å². The van der Waals surface area contributed by atoms with E-state index in [9.17, 15) is 4.79 Å². The summed E-state index contributed by atoms with van der Waals surface area (Å²) in [7, 11) is 1.88. The molecule has 0 heterocycles. The molecule has 2 aromatic rings. The number of anilines is 1. The lowest BCUT2D eigenvalue weighted by Crippen LogP contribution is -2.12. The van der Waals surface area contributed by atoms with Gasteiger partial charge < -0.3 is 10.6 Å². The van der Waals surface area contributed by atoms with Crippen LogP contribution in [-0.4, -0.2) is 13.0 Å². The lowest BCUT2D eigenvalue weighted by molar-refractivity contribution is -0.111. The molecule has 2 rings (SSSR count). The molecule has 0 atom stereocenters. The second kappa shape index (κ2) is 7.26. The molecule has 0 aliphatic heterocycles. The molecule has 0 aromatic heterocycles. The van der Waals surface area contributed by atoms with Gasteiger partial charge in [-0.2, -0.15) is 0 Å². The van der Waals surface area contributed by atoms with Crippen LogP contribution < -0.4 is 10.6 Å². The zero-order chi connectivity index (χ0) is 14.2. The molecule has 0 fully saturated rings. The molecule has 20 heavy (non-hydrogen) atoms. The van der Waals surface area contributed by atoms with Crippen molar-refractivity contribution in [1.29, 1.82) is 0 Å². The molecule has 0 aliphatic rings. The molecule has 0 saturated heterocycles. The number of para-hydroxylation sites is 1. The first-order valence-electron chi connectivity index (χ1n) is 6.56. The van der Waals surface area contributed by atoms with E-state index < -0.39 is 0 Å². The number of carbonyl (C=O) groups is 1. The van der Waals surface area contributed by atoms with Gasteiger partial charge in [-0.05, 0) is 30.3 Å². The van der Waals surface area contributed by atoms with E-state index in [4.69, 9.17) is 0 Å². The molecular formula is C17H18N2O. The zero-order valence-electron chi connectivity index (χ0n) is 11.5. The lowest BCUT2D eigenvalue weighted by Gasteiger charge is -2.09. The van der Waals surface area contributed by atoms with E-state index >= 15 is 0 Å². The summed E-state index contributed by atoms with van der Waals surface area (Å²) in [6.07, 6.45) is 3.35. The molecule has 0 bridgehead atoms. The van der Waals surface area contributed by atoms with Crippen molar-refractivity contribution in [3.63, 3.8) is 0 Å². The molecular weight excluding hydrogens is 248 g/mol. The maximum Gasteiger partial charge on any atom is 0.248 e. The van der Waals surface area contributed by atoms with Crippen LogP contribution in [-0.2, 0) is 11.3 Å². The molecule has 2 N–H and O–H groups in total. The number of hydrogen-bond acceptors (Lipinski definition) is 2. The van der Waals surface area contributed by atoms with E-state index in [0.717, 1.165) is 23.4 Å². The van der Waals surface area contributed by atoms with E-state index in [2.05, 4.69) is 10.6 Å². The highest BCUT2D eigenvalue weighted by atomic mass is 16.1. The van der Waals surface area contributed by atoms with Gasteiger partial charge in [0.1, 0.15) is 0 Å². The van der Waals surface area contributed by atoms with Gasteiger partial charge in [0.25, 0.3) is 0 Å². The molecule has 3 nitrogen and oxygen atoms in total. The van der Waals surface area contributed by atoms with E-state index in [0.29, 0.717) is 0 Å². The third-order valence-electron chi connectivity index (χ3n) is 2.87. The highest BCUT2D eigenvalue weighted by molar-refractivity contribution is 6.02. The van der Waals surface area contributed by atoms with Crippen LogP contribution in [0.15, 0.2) is 60.7 Å². The number of rotatable bonds is 5. The molecule has 0 aliphatic carbocycles. The van der Waals surface area contributed by atoms with E-state index in [1.807, 2.05) is 61.6 Å². The summed E-state index contributed by atoms with van der Waals surface area (Å²) >= 11 is 0. The Morgan fingerprint density at radius 1 is 1.05 bits per heavy atom. The van der Waals surface area contributed by atoms with Crippen LogP contribution in [0.5, 0.6) is 0 Å². The van der Waals surface area contributed by atoms with Crippen LogP contribution in [0, 0.1) is 0 Å². The largest absolute Gasteiger partial charge is 0.322 e. The van der Waals surface area contributed by atoms with Crippen molar-refractivity contribution in [3.05, 3.63) is 71.8 Å². The van der Waals surface area contributed by atoms with Crippen LogP contribution in [0.4, 0.5) is 5.69 Å². The normalized spacial score (nSPS) is 10.7. The first-order chi connectivity index (χ1) is 9.79. The van der Waals surface area contributed by atoms with Crippen molar-refractivity contribution in [1.82, 2.24) is 5.32 Å². The molecule has 0 saturated carbocycles. The summed E-state index contributed by atoms with van der Waals surface area (Å²) in [6.45, 7) is 0.721. The predicted molar refractivity (Wildman–Crippen MR) is 83.3 cm³/mol. The fourth-order valence-corrected chi connectivity index (χ4v) is 1.90. The Kier molecular flexibility index (Phi) is 5.09. The monoisotopic (exact) mass is 266 g/mol. The average molecular weight is 266 g/mol. The van der Waals surface area contributed by atoms with Gasteiger partial charge in [-0.1, -0.05) is 48.5 Å². The highest BCUT2D eigenvalue weighted by Crippen LogP contribution is 2.14. The van der Waals surface area contributed by atoms with Gasteiger partial charge in [0, 0.05) is 18.3 Å². The van der Waals surface area contributed by atoms with Gasteiger partial charge in [0.05, 0.1) is 0 Å². The average Bonchev–Trinajstić information content (AvgIpc) is 2.49. The second-order valence-electron chi connectivity index (χ2n) is 4.42. The first kappa shape index (κ1) is 14.0. The van der Waals surface area contributed by atoms with Gasteiger partial charge in [-0.25, -0.2) is 0 Å². The Morgan fingerprint density at radius 3 is 2.50 bits per heavy atom. The summed E-state index contributed by atoms with van der Waals surface area (Å²) in [5.74, 6) is -0.127. The molecule has 0 radical (unpaired) electrons. The van der Waals surface area contributed by atoms with Crippen LogP contribution in [0.2, 0.25) is 0 Å². The topological polar surface area (TPSA) is 41.1 Å². The number of nitrogens with one attached hydrogen (secondary N) is 2. The number of carbonyl (C=O) groups excluding carboxylic acids is 1. The van der Waals surface area contributed by atoms with Crippen LogP contribution >= 0.6 is 0 Å². The fraction of sp³-hybridized carbons (Fsp3) is 0.118. The van der Waals surface area contributed by atoms with Crippen molar-refractivity contribution < 1.29 is 4.79 Å².